The second-order valence-electron chi connectivity index (χ2n) is 5.58. The van der Waals surface area contributed by atoms with E-state index >= 15 is 0 Å². The van der Waals surface area contributed by atoms with Crippen LogP contribution in [0.1, 0.15) is 41.5 Å². The van der Waals surface area contributed by atoms with Gasteiger partial charge in [0.1, 0.15) is 5.60 Å². The lowest BCUT2D eigenvalue weighted by Crippen LogP contribution is -2.48. The van der Waals surface area contributed by atoms with Crippen LogP contribution >= 0.6 is 0 Å². The van der Waals surface area contributed by atoms with Crippen molar-refractivity contribution in [3.63, 3.8) is 0 Å². The van der Waals surface area contributed by atoms with Gasteiger partial charge in [0.05, 0.1) is 12.5 Å². The van der Waals surface area contributed by atoms with Gasteiger partial charge < -0.3 is 14.8 Å². The summed E-state index contributed by atoms with van der Waals surface area (Å²) in [5.41, 5.74) is -1.36. The molecule has 0 aromatic heterocycles. The number of methoxy groups -OCH3 is 1. The van der Waals surface area contributed by atoms with Gasteiger partial charge in [-0.3, -0.25) is 4.79 Å². The molecule has 100 valence electrons. The third-order valence-electron chi connectivity index (χ3n) is 2.53. The quantitative estimate of drug-likeness (QED) is 0.773. The Morgan fingerprint density at radius 2 is 1.59 bits per heavy atom. The Labute approximate surface area is 103 Å². The molecule has 17 heavy (non-hydrogen) atoms. The van der Waals surface area contributed by atoms with E-state index < -0.39 is 17.1 Å². The van der Waals surface area contributed by atoms with Gasteiger partial charge in [-0.05, 0) is 41.5 Å². The molecule has 0 aliphatic carbocycles. The Balaban J connectivity index is 4.49. The minimum absolute atomic E-state index is 0.374. The highest BCUT2D eigenvalue weighted by Crippen LogP contribution is 2.22. The summed E-state index contributed by atoms with van der Waals surface area (Å²) >= 11 is 0. The minimum Gasteiger partial charge on any atom is -0.469 e. The molecule has 0 saturated heterocycles. The number of rotatable bonds is 3. The van der Waals surface area contributed by atoms with Crippen LogP contribution in [0.15, 0.2) is 0 Å². The average Bonchev–Trinajstić information content (AvgIpc) is 2.12. The fraction of sp³-hybridized carbons (Fsp3) is 0.833. The summed E-state index contributed by atoms with van der Waals surface area (Å²) in [4.78, 5) is 23.1. The van der Waals surface area contributed by atoms with E-state index in [1.165, 1.54) is 7.11 Å². The number of carbonyl (C=O) groups excluding carboxylic acids is 2. The highest BCUT2D eigenvalue weighted by molar-refractivity contribution is 5.78. The van der Waals surface area contributed by atoms with Crippen molar-refractivity contribution in [1.82, 2.24) is 5.32 Å². The maximum absolute atomic E-state index is 11.5. The molecule has 0 aromatic rings. The Hall–Kier alpha value is -1.26. The molecule has 0 rings (SSSR count). The predicted octanol–water partition coefficient (Wildman–Crippen LogP) is 2.10. The van der Waals surface area contributed by atoms with Crippen LogP contribution in [0.3, 0.4) is 0 Å². The van der Waals surface area contributed by atoms with Gasteiger partial charge in [0.25, 0.3) is 0 Å². The van der Waals surface area contributed by atoms with E-state index in [-0.39, 0.29) is 12.0 Å². The van der Waals surface area contributed by atoms with E-state index in [9.17, 15) is 9.59 Å². The molecule has 0 unspecified atom stereocenters. The van der Waals surface area contributed by atoms with Crippen molar-refractivity contribution in [1.29, 1.82) is 0 Å². The van der Waals surface area contributed by atoms with Gasteiger partial charge in [0.15, 0.2) is 0 Å². The van der Waals surface area contributed by atoms with Gasteiger partial charge in [-0.25, -0.2) is 4.79 Å². The minimum atomic E-state index is -0.800. The largest absolute Gasteiger partial charge is 0.469 e. The number of hydrogen-bond acceptors (Lipinski definition) is 4. The molecule has 0 fully saturated rings. The van der Waals surface area contributed by atoms with Gasteiger partial charge in [0, 0.05) is 6.04 Å². The van der Waals surface area contributed by atoms with Crippen LogP contribution in [0, 0.1) is 5.41 Å². The molecular weight excluding hydrogens is 222 g/mol. The Morgan fingerprint density at radius 1 is 1.12 bits per heavy atom. The van der Waals surface area contributed by atoms with Crippen LogP contribution in [0.25, 0.3) is 0 Å². The summed E-state index contributed by atoms with van der Waals surface area (Å²) in [6, 6.07) is -0.384. The molecule has 0 aliphatic heterocycles. The van der Waals surface area contributed by atoms with E-state index in [4.69, 9.17) is 4.74 Å². The molecule has 0 aromatic carbocycles. The normalized spacial score (nSPS) is 13.8. The number of alkyl carbamates (subject to hydrolysis) is 1. The fourth-order valence-corrected chi connectivity index (χ4v) is 1.10. The second-order valence-corrected chi connectivity index (χ2v) is 5.58. The van der Waals surface area contributed by atoms with Crippen molar-refractivity contribution in [2.75, 3.05) is 7.11 Å². The van der Waals surface area contributed by atoms with E-state index in [0.717, 1.165) is 0 Å². The van der Waals surface area contributed by atoms with Crippen LogP contribution in [0.4, 0.5) is 4.79 Å². The standard InChI is InChI=1S/C12H23NO4/c1-8(12(5,6)9(14)16-7)13-10(15)17-11(2,3)4/h8H,1-7H3,(H,13,15)/t8-/m1/s1. The van der Waals surface area contributed by atoms with Crippen LogP contribution in [0.5, 0.6) is 0 Å². The number of nitrogens with one attached hydrogen (secondary N) is 1. The van der Waals surface area contributed by atoms with Crippen molar-refractivity contribution < 1.29 is 19.1 Å². The van der Waals surface area contributed by atoms with E-state index in [1.54, 1.807) is 41.5 Å². The molecular formula is C12H23NO4. The monoisotopic (exact) mass is 245 g/mol. The fourth-order valence-electron chi connectivity index (χ4n) is 1.10. The van der Waals surface area contributed by atoms with Crippen LogP contribution < -0.4 is 5.32 Å². The molecule has 1 atom stereocenters. The SMILES string of the molecule is COC(=O)C(C)(C)[C@@H](C)NC(=O)OC(C)(C)C. The van der Waals surface area contributed by atoms with E-state index in [2.05, 4.69) is 10.1 Å². The van der Waals surface area contributed by atoms with Crippen molar-refractivity contribution in [3.8, 4) is 0 Å². The van der Waals surface area contributed by atoms with Crippen molar-refractivity contribution in [3.05, 3.63) is 0 Å². The molecule has 0 radical (unpaired) electrons. The Bertz CT molecular complexity index is 291. The lowest BCUT2D eigenvalue weighted by atomic mass is 9.85. The molecule has 0 spiro atoms. The molecule has 5 nitrogen and oxygen atoms in total. The van der Waals surface area contributed by atoms with Gasteiger partial charge in [-0.15, -0.1) is 0 Å². The average molecular weight is 245 g/mol. The third-order valence-corrected chi connectivity index (χ3v) is 2.53. The highest BCUT2D eigenvalue weighted by atomic mass is 16.6. The lowest BCUT2D eigenvalue weighted by molar-refractivity contribution is -0.152. The number of ether oxygens (including phenoxy) is 2. The lowest BCUT2D eigenvalue weighted by Gasteiger charge is -2.30. The van der Waals surface area contributed by atoms with E-state index in [1.807, 2.05) is 0 Å². The van der Waals surface area contributed by atoms with Crippen molar-refractivity contribution >= 4 is 12.1 Å². The maximum Gasteiger partial charge on any atom is 0.407 e. The number of hydrogen-bond donors (Lipinski definition) is 1. The Kier molecular flexibility index (Phi) is 4.98. The summed E-state index contributed by atoms with van der Waals surface area (Å²) < 4.78 is 9.80. The summed E-state index contributed by atoms with van der Waals surface area (Å²) in [6.45, 7) is 10.5. The third kappa shape index (κ3) is 5.06. The maximum atomic E-state index is 11.5. The van der Waals surface area contributed by atoms with Crippen LogP contribution in [-0.2, 0) is 14.3 Å². The van der Waals surface area contributed by atoms with Crippen molar-refractivity contribution in [2.24, 2.45) is 5.41 Å². The zero-order valence-electron chi connectivity index (χ0n) is 11.7. The van der Waals surface area contributed by atoms with E-state index in [0.29, 0.717) is 0 Å². The Morgan fingerprint density at radius 3 is 1.94 bits per heavy atom. The summed E-state index contributed by atoms with van der Waals surface area (Å²) in [5, 5.41) is 2.63. The first-order chi connectivity index (χ1) is 7.50. The first-order valence-electron chi connectivity index (χ1n) is 5.58. The zero-order valence-corrected chi connectivity index (χ0v) is 11.7. The molecule has 1 N–H and O–H groups in total. The van der Waals surface area contributed by atoms with Crippen LogP contribution in [-0.4, -0.2) is 30.8 Å². The molecule has 0 aliphatic rings. The van der Waals surface area contributed by atoms with Crippen LogP contribution in [0.2, 0.25) is 0 Å². The second kappa shape index (κ2) is 5.38. The topological polar surface area (TPSA) is 64.6 Å². The first-order valence-corrected chi connectivity index (χ1v) is 5.58. The molecule has 0 heterocycles. The smallest absolute Gasteiger partial charge is 0.407 e. The predicted molar refractivity (Wildman–Crippen MR) is 64.6 cm³/mol. The molecule has 0 bridgehead atoms. The molecule has 5 heteroatoms. The zero-order chi connectivity index (χ0) is 13.9. The summed E-state index contributed by atoms with van der Waals surface area (Å²) in [6.07, 6.45) is -0.540. The van der Waals surface area contributed by atoms with Gasteiger partial charge in [-0.2, -0.15) is 0 Å². The number of esters is 1. The summed E-state index contributed by atoms with van der Waals surface area (Å²) in [5.74, 6) is -0.374. The molecule has 0 saturated carbocycles. The highest BCUT2D eigenvalue weighted by Gasteiger charge is 2.36. The van der Waals surface area contributed by atoms with Crippen molar-refractivity contribution in [2.45, 2.75) is 53.2 Å². The van der Waals surface area contributed by atoms with Gasteiger partial charge in [0.2, 0.25) is 0 Å². The van der Waals surface area contributed by atoms with Gasteiger partial charge >= 0.3 is 12.1 Å². The number of amides is 1. The summed E-state index contributed by atoms with van der Waals surface area (Å²) in [7, 11) is 1.32. The molecule has 1 amide bonds. The van der Waals surface area contributed by atoms with Gasteiger partial charge in [-0.1, -0.05) is 0 Å². The number of carbonyl (C=O) groups is 2. The first kappa shape index (κ1) is 15.7.